The fourth-order valence-corrected chi connectivity index (χ4v) is 0.321. The van der Waals surface area contributed by atoms with Gasteiger partial charge in [0, 0.05) is 0 Å². The van der Waals surface area contributed by atoms with E-state index in [4.69, 9.17) is 0 Å². The number of hydrogen-bond acceptors (Lipinski definition) is 0. The van der Waals surface area contributed by atoms with E-state index in [9.17, 15) is 0 Å². The predicted octanol–water partition coefficient (Wildman–Crippen LogP) is -5.77. The molecule has 0 aliphatic heterocycles. The molecule has 0 fully saturated rings. The van der Waals surface area contributed by atoms with Crippen LogP contribution in [0.15, 0.2) is 30.3 Å². The van der Waals surface area contributed by atoms with Crippen LogP contribution < -0.4 is 24.8 Å². The molecule has 9 heavy (non-hydrogen) atoms. The van der Waals surface area contributed by atoms with Gasteiger partial charge in [-0.25, -0.2) is 12.1 Å². The molecule has 0 atom stereocenters. The predicted molar refractivity (Wildman–Crippen MR) is 32.0 cm³/mol. The Morgan fingerprint density at radius 1 is 0.889 bits per heavy atom. The van der Waals surface area contributed by atoms with Crippen molar-refractivity contribution in [2.24, 2.45) is 0 Å². The van der Waals surface area contributed by atoms with Crippen molar-refractivity contribution in [3.8, 4) is 0 Å². The van der Waals surface area contributed by atoms with E-state index in [1.54, 1.807) is 0 Å². The summed E-state index contributed by atoms with van der Waals surface area (Å²) < 4.78 is 0. The molecule has 0 saturated carbocycles. The Balaban J connectivity index is -0.0000000312. The van der Waals surface area contributed by atoms with Gasteiger partial charge in [0.1, 0.15) is 0 Å². The largest absolute Gasteiger partial charge is 3.00 e. The first-order valence-electron chi connectivity index (χ1n) is 1.67. The molecule has 0 heterocycles. The second-order valence-electron chi connectivity index (χ2n) is 0.962. The number of hydrogen-bond donors (Lipinski definition) is 0. The third kappa shape index (κ3) is 12.0. The SMILES string of the molecule is [Cl-].[Cl-].[Cr+3].[SiH3].c1cc[cH-]c1. The fourth-order valence-electron chi connectivity index (χ4n) is 0.321. The third-order valence-corrected chi connectivity index (χ3v) is 0.556. The Labute approximate surface area is 83.4 Å². The molecule has 0 nitrogen and oxygen atoms in total. The molecule has 0 amide bonds. The summed E-state index contributed by atoms with van der Waals surface area (Å²) >= 11 is 0. The van der Waals surface area contributed by atoms with Gasteiger partial charge in [0.2, 0.25) is 0 Å². The van der Waals surface area contributed by atoms with E-state index in [1.165, 1.54) is 0 Å². The van der Waals surface area contributed by atoms with Crippen molar-refractivity contribution in [3.63, 3.8) is 0 Å². The standard InChI is InChI=1S/C5H5.2ClH.Cr.H3Si/c1-2-4-5-3-1;;;;/h1-5H;2*1H;;1H3/q-1;;;+3;/p-2. The summed E-state index contributed by atoms with van der Waals surface area (Å²) in [6, 6.07) is 10.0. The Morgan fingerprint density at radius 3 is 1.33 bits per heavy atom. The molecule has 0 saturated heterocycles. The fraction of sp³-hybridized carbons (Fsp3) is 0. The Bertz CT molecular complexity index is 71.4. The second-order valence-corrected chi connectivity index (χ2v) is 0.962. The van der Waals surface area contributed by atoms with E-state index in [0.717, 1.165) is 0 Å². The van der Waals surface area contributed by atoms with Crippen LogP contribution in [0, 0.1) is 0 Å². The van der Waals surface area contributed by atoms with Crippen molar-refractivity contribution in [1.82, 2.24) is 0 Å². The minimum atomic E-state index is 0. The molecule has 1 rings (SSSR count). The van der Waals surface area contributed by atoms with Crippen LogP contribution in [0.1, 0.15) is 0 Å². The Hall–Kier alpha value is 0.679. The van der Waals surface area contributed by atoms with Gasteiger partial charge in [-0.3, -0.25) is 0 Å². The summed E-state index contributed by atoms with van der Waals surface area (Å²) in [4.78, 5) is 0. The summed E-state index contributed by atoms with van der Waals surface area (Å²) in [5.74, 6) is 0. The van der Waals surface area contributed by atoms with Crippen LogP contribution in [0.3, 0.4) is 0 Å². The smallest absolute Gasteiger partial charge is 1.00 e. The van der Waals surface area contributed by atoms with Gasteiger partial charge >= 0.3 is 17.4 Å². The maximum absolute atomic E-state index is 2.00. The van der Waals surface area contributed by atoms with Crippen LogP contribution in [0.25, 0.3) is 0 Å². The summed E-state index contributed by atoms with van der Waals surface area (Å²) in [5, 5.41) is 0. The molecule has 0 aliphatic rings. The van der Waals surface area contributed by atoms with E-state index in [2.05, 4.69) is 0 Å². The van der Waals surface area contributed by atoms with Crippen LogP contribution >= 0.6 is 0 Å². The first-order valence-corrected chi connectivity index (χ1v) is 1.67. The Kier molecular flexibility index (Phi) is 39.9. The van der Waals surface area contributed by atoms with E-state index in [0.29, 0.717) is 0 Å². The van der Waals surface area contributed by atoms with Crippen LogP contribution in [-0.2, 0) is 17.4 Å². The summed E-state index contributed by atoms with van der Waals surface area (Å²) in [6.45, 7) is 0. The summed E-state index contributed by atoms with van der Waals surface area (Å²) in [6.07, 6.45) is 0. The monoisotopic (exact) mass is 218 g/mol. The van der Waals surface area contributed by atoms with Gasteiger partial charge in [0.25, 0.3) is 0 Å². The molecule has 1 aromatic carbocycles. The van der Waals surface area contributed by atoms with Crippen LogP contribution in [0.2, 0.25) is 0 Å². The molecule has 0 spiro atoms. The van der Waals surface area contributed by atoms with E-state index < -0.39 is 0 Å². The second kappa shape index (κ2) is 15.9. The van der Waals surface area contributed by atoms with E-state index >= 15 is 0 Å². The average molecular weight is 219 g/mol. The molecule has 0 aromatic heterocycles. The van der Waals surface area contributed by atoms with Crippen molar-refractivity contribution < 1.29 is 42.2 Å². The van der Waals surface area contributed by atoms with E-state index in [-0.39, 0.29) is 53.1 Å². The quantitative estimate of drug-likeness (QED) is 0.301. The molecular formula is C5H8Cl2CrSi. The van der Waals surface area contributed by atoms with Crippen molar-refractivity contribution in [2.45, 2.75) is 0 Å². The minimum absolute atomic E-state index is 0. The number of rotatable bonds is 0. The van der Waals surface area contributed by atoms with Gasteiger partial charge < -0.3 is 24.8 Å². The van der Waals surface area contributed by atoms with Gasteiger partial charge in [0.15, 0.2) is 0 Å². The zero-order valence-corrected chi connectivity index (χ0v) is 9.84. The van der Waals surface area contributed by atoms with Crippen molar-refractivity contribution in [1.29, 1.82) is 0 Å². The van der Waals surface area contributed by atoms with E-state index in [1.807, 2.05) is 30.3 Å². The van der Waals surface area contributed by atoms with Crippen LogP contribution in [-0.4, -0.2) is 11.0 Å². The average Bonchev–Trinajstić information content (AvgIpc) is 1.76. The molecule has 0 aliphatic carbocycles. The molecule has 0 unspecified atom stereocenters. The van der Waals surface area contributed by atoms with Crippen LogP contribution in [0.4, 0.5) is 0 Å². The van der Waals surface area contributed by atoms with Gasteiger partial charge in [-0.05, 0) is 11.0 Å². The van der Waals surface area contributed by atoms with Crippen molar-refractivity contribution in [2.75, 3.05) is 0 Å². The first kappa shape index (κ1) is 22.6. The summed E-state index contributed by atoms with van der Waals surface area (Å²) in [5.41, 5.74) is 0. The molecule has 1 aromatic rings. The normalized spacial score (nSPS) is 4.44. The zero-order chi connectivity index (χ0) is 3.54. The van der Waals surface area contributed by atoms with Gasteiger partial charge in [0.05, 0.1) is 0 Å². The molecule has 0 bridgehead atoms. The number of halogens is 2. The molecule has 52 valence electrons. The van der Waals surface area contributed by atoms with Crippen molar-refractivity contribution >= 4 is 11.0 Å². The van der Waals surface area contributed by atoms with Gasteiger partial charge in [-0.15, -0.1) is 0 Å². The van der Waals surface area contributed by atoms with Crippen molar-refractivity contribution in [3.05, 3.63) is 30.3 Å². The molecule has 2 radical (unpaired) electrons. The maximum atomic E-state index is 2.00. The van der Waals surface area contributed by atoms with Gasteiger partial charge in [-0.1, -0.05) is 0 Å². The zero-order valence-electron chi connectivity index (χ0n) is 5.05. The molecule has 4 heteroatoms. The molecule has 0 N–H and O–H groups in total. The topological polar surface area (TPSA) is 0 Å². The first-order chi connectivity index (χ1) is 2.50. The summed E-state index contributed by atoms with van der Waals surface area (Å²) in [7, 11) is 0. The minimum Gasteiger partial charge on any atom is -1.00 e. The van der Waals surface area contributed by atoms with Gasteiger partial charge in [-0.2, -0.15) is 18.2 Å². The maximum Gasteiger partial charge on any atom is 3.00 e. The molecular weight excluding hydrogens is 211 g/mol. The van der Waals surface area contributed by atoms with Crippen LogP contribution in [0.5, 0.6) is 0 Å². The Morgan fingerprint density at radius 2 is 1.22 bits per heavy atom. The third-order valence-electron chi connectivity index (χ3n) is 0.556.